The Morgan fingerprint density at radius 1 is 0.833 bits per heavy atom. The minimum Gasteiger partial charge on any atom is -0.267 e. The molecule has 0 aliphatic heterocycles. The summed E-state index contributed by atoms with van der Waals surface area (Å²) in [4.78, 5) is 0. The van der Waals surface area contributed by atoms with E-state index < -0.39 is 10.1 Å². The van der Waals surface area contributed by atoms with Crippen LogP contribution in [0.25, 0.3) is 0 Å². The third-order valence-corrected chi connectivity index (χ3v) is 4.42. The standard InChI is InChI=1S/C14H30O3S/c1-4-7-9-10-11-13-14(12-8-5-2)17-18(15,16)6-3/h14H,4-13H2,1-3H3. The van der Waals surface area contributed by atoms with Gasteiger partial charge in [0.05, 0.1) is 11.9 Å². The smallest absolute Gasteiger partial charge is 0.267 e. The molecule has 0 aromatic rings. The van der Waals surface area contributed by atoms with Gasteiger partial charge in [-0.3, -0.25) is 4.18 Å². The Labute approximate surface area is 113 Å². The van der Waals surface area contributed by atoms with Crippen molar-refractivity contribution < 1.29 is 12.6 Å². The lowest BCUT2D eigenvalue weighted by molar-refractivity contribution is 0.181. The molecule has 1 unspecified atom stereocenters. The summed E-state index contributed by atoms with van der Waals surface area (Å²) in [5, 5.41) is 0. The summed E-state index contributed by atoms with van der Waals surface area (Å²) in [6.45, 7) is 5.95. The van der Waals surface area contributed by atoms with E-state index in [4.69, 9.17) is 4.18 Å². The van der Waals surface area contributed by atoms with Gasteiger partial charge in [0.15, 0.2) is 0 Å². The van der Waals surface area contributed by atoms with Gasteiger partial charge >= 0.3 is 0 Å². The Morgan fingerprint density at radius 3 is 1.94 bits per heavy atom. The predicted octanol–water partition coefficient (Wildman–Crippen LogP) is 4.27. The molecule has 0 aromatic carbocycles. The Hall–Kier alpha value is -0.0900. The summed E-state index contributed by atoms with van der Waals surface area (Å²) >= 11 is 0. The van der Waals surface area contributed by atoms with Gasteiger partial charge in [0.2, 0.25) is 0 Å². The van der Waals surface area contributed by atoms with E-state index in [1.807, 2.05) is 0 Å². The molecule has 0 spiro atoms. The van der Waals surface area contributed by atoms with Gasteiger partial charge in [-0.2, -0.15) is 8.42 Å². The van der Waals surface area contributed by atoms with Crippen LogP contribution in [0.1, 0.15) is 78.6 Å². The number of unbranched alkanes of at least 4 members (excludes halogenated alkanes) is 5. The highest BCUT2D eigenvalue weighted by molar-refractivity contribution is 7.86. The van der Waals surface area contributed by atoms with Crippen molar-refractivity contribution in [1.82, 2.24) is 0 Å². The van der Waals surface area contributed by atoms with E-state index in [1.165, 1.54) is 25.7 Å². The first-order valence-electron chi connectivity index (χ1n) is 7.46. The van der Waals surface area contributed by atoms with Crippen molar-refractivity contribution in [2.75, 3.05) is 5.75 Å². The Bertz CT molecular complexity index is 273. The molecule has 0 radical (unpaired) electrons. The first-order chi connectivity index (χ1) is 8.55. The molecule has 0 heterocycles. The lowest BCUT2D eigenvalue weighted by Gasteiger charge is -2.16. The van der Waals surface area contributed by atoms with E-state index in [9.17, 15) is 8.42 Å². The van der Waals surface area contributed by atoms with Crippen molar-refractivity contribution in [1.29, 1.82) is 0 Å². The average molecular weight is 278 g/mol. The third-order valence-electron chi connectivity index (χ3n) is 3.15. The molecule has 0 fully saturated rings. The molecular formula is C14H30O3S. The molecule has 1 atom stereocenters. The van der Waals surface area contributed by atoms with Crippen molar-refractivity contribution in [2.45, 2.75) is 84.7 Å². The van der Waals surface area contributed by atoms with Crippen LogP contribution in [0.15, 0.2) is 0 Å². The van der Waals surface area contributed by atoms with E-state index in [2.05, 4.69) is 13.8 Å². The van der Waals surface area contributed by atoms with Crippen molar-refractivity contribution in [3.63, 3.8) is 0 Å². The number of hydrogen-bond donors (Lipinski definition) is 0. The minimum atomic E-state index is -3.30. The molecule has 0 rings (SSSR count). The fourth-order valence-electron chi connectivity index (χ4n) is 1.92. The highest BCUT2D eigenvalue weighted by Crippen LogP contribution is 2.16. The zero-order chi connectivity index (χ0) is 13.9. The first kappa shape index (κ1) is 17.9. The Balaban J connectivity index is 3.99. The van der Waals surface area contributed by atoms with Crippen LogP contribution in [0.2, 0.25) is 0 Å². The second-order valence-electron chi connectivity index (χ2n) is 4.91. The molecule has 0 bridgehead atoms. The average Bonchev–Trinajstić information content (AvgIpc) is 2.35. The minimum absolute atomic E-state index is 0.0749. The van der Waals surface area contributed by atoms with Crippen LogP contribution in [0.5, 0.6) is 0 Å². The first-order valence-corrected chi connectivity index (χ1v) is 9.04. The molecule has 0 aliphatic carbocycles. The summed E-state index contributed by atoms with van der Waals surface area (Å²) in [5.74, 6) is 0.0749. The van der Waals surface area contributed by atoms with Crippen LogP contribution in [0, 0.1) is 0 Å². The third kappa shape index (κ3) is 9.89. The quantitative estimate of drug-likeness (QED) is 0.395. The molecule has 0 N–H and O–H groups in total. The van der Waals surface area contributed by atoms with E-state index in [-0.39, 0.29) is 11.9 Å². The molecule has 18 heavy (non-hydrogen) atoms. The van der Waals surface area contributed by atoms with E-state index in [1.54, 1.807) is 6.92 Å². The van der Waals surface area contributed by atoms with Crippen LogP contribution in [-0.2, 0) is 14.3 Å². The SMILES string of the molecule is CCCCCCCC(CCCC)OS(=O)(=O)CC. The Morgan fingerprint density at radius 2 is 1.39 bits per heavy atom. The van der Waals surface area contributed by atoms with Crippen molar-refractivity contribution in [3.8, 4) is 0 Å². The van der Waals surface area contributed by atoms with E-state index >= 15 is 0 Å². The van der Waals surface area contributed by atoms with Crippen molar-refractivity contribution in [3.05, 3.63) is 0 Å². The molecule has 0 aliphatic rings. The number of hydrogen-bond acceptors (Lipinski definition) is 3. The maximum atomic E-state index is 11.5. The van der Waals surface area contributed by atoms with Crippen LogP contribution >= 0.6 is 0 Å². The predicted molar refractivity (Wildman–Crippen MR) is 77.2 cm³/mol. The van der Waals surface area contributed by atoms with Gasteiger partial charge in [-0.05, 0) is 19.8 Å². The summed E-state index contributed by atoms with van der Waals surface area (Å²) in [6.07, 6.45) is 9.79. The molecule has 0 saturated carbocycles. The topological polar surface area (TPSA) is 43.4 Å². The largest absolute Gasteiger partial charge is 0.267 e. The van der Waals surface area contributed by atoms with Crippen LogP contribution in [0.3, 0.4) is 0 Å². The zero-order valence-corrected chi connectivity index (χ0v) is 13.1. The van der Waals surface area contributed by atoms with Crippen LogP contribution in [0.4, 0.5) is 0 Å². The summed E-state index contributed by atoms with van der Waals surface area (Å²) in [7, 11) is -3.30. The second kappa shape index (κ2) is 10.8. The Kier molecular flexibility index (Phi) is 10.7. The van der Waals surface area contributed by atoms with Gasteiger partial charge in [0, 0.05) is 0 Å². The molecule has 0 amide bonds. The van der Waals surface area contributed by atoms with E-state index in [0.29, 0.717) is 0 Å². The summed E-state index contributed by atoms with van der Waals surface area (Å²) in [5.41, 5.74) is 0. The molecule has 0 aromatic heterocycles. The van der Waals surface area contributed by atoms with Gasteiger partial charge in [-0.25, -0.2) is 0 Å². The van der Waals surface area contributed by atoms with Crippen molar-refractivity contribution in [2.24, 2.45) is 0 Å². The maximum absolute atomic E-state index is 11.5. The second-order valence-corrected chi connectivity index (χ2v) is 6.79. The normalized spacial score (nSPS) is 13.7. The van der Waals surface area contributed by atoms with Gasteiger partial charge in [0.1, 0.15) is 0 Å². The zero-order valence-electron chi connectivity index (χ0n) is 12.3. The monoisotopic (exact) mass is 278 g/mol. The van der Waals surface area contributed by atoms with Gasteiger partial charge in [-0.15, -0.1) is 0 Å². The fourth-order valence-corrected chi connectivity index (χ4v) is 2.67. The van der Waals surface area contributed by atoms with Crippen LogP contribution < -0.4 is 0 Å². The molecule has 4 heteroatoms. The molecule has 3 nitrogen and oxygen atoms in total. The van der Waals surface area contributed by atoms with Gasteiger partial charge < -0.3 is 0 Å². The lowest BCUT2D eigenvalue weighted by atomic mass is 10.0. The molecule has 0 saturated heterocycles. The van der Waals surface area contributed by atoms with Crippen molar-refractivity contribution >= 4 is 10.1 Å². The fraction of sp³-hybridized carbons (Fsp3) is 1.00. The summed E-state index contributed by atoms with van der Waals surface area (Å²) in [6, 6.07) is 0. The number of rotatable bonds is 12. The maximum Gasteiger partial charge on any atom is 0.267 e. The summed E-state index contributed by atoms with van der Waals surface area (Å²) < 4.78 is 28.2. The van der Waals surface area contributed by atoms with Gasteiger partial charge in [-0.1, -0.05) is 58.8 Å². The van der Waals surface area contributed by atoms with Gasteiger partial charge in [0.25, 0.3) is 10.1 Å². The highest BCUT2D eigenvalue weighted by Gasteiger charge is 2.17. The highest BCUT2D eigenvalue weighted by atomic mass is 32.2. The van der Waals surface area contributed by atoms with Crippen LogP contribution in [-0.4, -0.2) is 20.3 Å². The molecule has 110 valence electrons. The molecular weight excluding hydrogens is 248 g/mol. The van der Waals surface area contributed by atoms with E-state index in [0.717, 1.165) is 32.1 Å². The lowest BCUT2D eigenvalue weighted by Crippen LogP contribution is -2.20.